The predicted molar refractivity (Wildman–Crippen MR) is 190 cm³/mol. The van der Waals surface area contributed by atoms with Crippen molar-refractivity contribution in [2.24, 2.45) is 5.92 Å². The van der Waals surface area contributed by atoms with E-state index in [-0.39, 0.29) is 12.1 Å². The van der Waals surface area contributed by atoms with E-state index in [1.165, 1.54) is 29.5 Å². The van der Waals surface area contributed by atoms with Gasteiger partial charge in [-0.05, 0) is 87.9 Å². The Kier molecular flexibility index (Phi) is 10.9. The Labute approximate surface area is 270 Å². The van der Waals surface area contributed by atoms with Gasteiger partial charge in [-0.15, -0.1) is 0 Å². The van der Waals surface area contributed by atoms with Crippen LogP contribution in [0.25, 0.3) is 33.6 Å². The van der Waals surface area contributed by atoms with Crippen molar-refractivity contribution in [2.45, 2.75) is 51.6 Å². The average Bonchev–Trinajstić information content (AvgIpc) is 3.08. The SMILES string of the molecule is CCC(CC)CC(c1cc(-c2ccc(-c3cccc(C(Cc4ccccc4)N(C)C)n3)cc2)cc(-c2ccccc2)n1)N(C)C. The van der Waals surface area contributed by atoms with E-state index in [0.717, 1.165) is 46.7 Å². The number of hydrogen-bond donors (Lipinski definition) is 0. The molecule has 0 N–H and O–H groups in total. The molecular formula is C41H48N4. The van der Waals surface area contributed by atoms with Crippen LogP contribution in [0.1, 0.15) is 62.1 Å². The molecule has 0 aliphatic heterocycles. The highest BCUT2D eigenvalue weighted by molar-refractivity contribution is 5.73. The smallest absolute Gasteiger partial charge is 0.0712 e. The van der Waals surface area contributed by atoms with E-state index in [1.54, 1.807) is 0 Å². The maximum Gasteiger partial charge on any atom is 0.0712 e. The average molecular weight is 597 g/mol. The van der Waals surface area contributed by atoms with Gasteiger partial charge in [0.05, 0.1) is 34.9 Å². The van der Waals surface area contributed by atoms with Crippen LogP contribution in [-0.4, -0.2) is 48.0 Å². The summed E-state index contributed by atoms with van der Waals surface area (Å²) in [6, 6.07) is 41.5. The molecule has 0 saturated heterocycles. The van der Waals surface area contributed by atoms with Crippen molar-refractivity contribution in [1.29, 1.82) is 0 Å². The van der Waals surface area contributed by atoms with E-state index in [1.807, 2.05) is 0 Å². The van der Waals surface area contributed by atoms with Crippen LogP contribution in [0.5, 0.6) is 0 Å². The molecule has 45 heavy (non-hydrogen) atoms. The third-order valence-electron chi connectivity index (χ3n) is 9.11. The van der Waals surface area contributed by atoms with Crippen LogP contribution >= 0.6 is 0 Å². The molecule has 2 heterocycles. The summed E-state index contributed by atoms with van der Waals surface area (Å²) in [4.78, 5) is 15.0. The number of likely N-dealkylation sites (N-methyl/N-ethyl adjacent to an activating group) is 1. The summed E-state index contributed by atoms with van der Waals surface area (Å²) in [5, 5.41) is 0. The molecule has 2 aromatic heterocycles. The van der Waals surface area contributed by atoms with Crippen molar-refractivity contribution in [3.63, 3.8) is 0 Å². The van der Waals surface area contributed by atoms with Gasteiger partial charge in [-0.2, -0.15) is 0 Å². The topological polar surface area (TPSA) is 32.3 Å². The molecule has 0 saturated carbocycles. The summed E-state index contributed by atoms with van der Waals surface area (Å²) in [7, 11) is 8.63. The third kappa shape index (κ3) is 8.13. The van der Waals surface area contributed by atoms with Crippen molar-refractivity contribution < 1.29 is 0 Å². The van der Waals surface area contributed by atoms with Gasteiger partial charge in [0, 0.05) is 11.1 Å². The fourth-order valence-corrected chi connectivity index (χ4v) is 6.20. The fourth-order valence-electron chi connectivity index (χ4n) is 6.20. The first-order valence-electron chi connectivity index (χ1n) is 16.4. The van der Waals surface area contributed by atoms with Gasteiger partial charge in [0.15, 0.2) is 0 Å². The van der Waals surface area contributed by atoms with Crippen LogP contribution in [-0.2, 0) is 6.42 Å². The van der Waals surface area contributed by atoms with Crippen molar-refractivity contribution in [3.05, 3.63) is 132 Å². The molecule has 0 bridgehead atoms. The first-order chi connectivity index (χ1) is 21.9. The van der Waals surface area contributed by atoms with Crippen molar-refractivity contribution in [3.8, 4) is 33.6 Å². The highest BCUT2D eigenvalue weighted by Gasteiger charge is 2.22. The Morgan fingerprint density at radius 3 is 1.71 bits per heavy atom. The van der Waals surface area contributed by atoms with Gasteiger partial charge >= 0.3 is 0 Å². The zero-order chi connectivity index (χ0) is 31.8. The van der Waals surface area contributed by atoms with Gasteiger partial charge in [-0.3, -0.25) is 9.97 Å². The molecule has 0 radical (unpaired) electrons. The number of benzene rings is 3. The molecule has 232 valence electrons. The largest absolute Gasteiger partial charge is 0.301 e. The fraction of sp³-hybridized carbons (Fsp3) is 0.317. The Balaban J connectivity index is 1.48. The summed E-state index contributed by atoms with van der Waals surface area (Å²) in [6.07, 6.45) is 4.39. The van der Waals surface area contributed by atoms with Gasteiger partial charge in [0.1, 0.15) is 0 Å². The Hall–Kier alpha value is -4.12. The van der Waals surface area contributed by atoms with Crippen LogP contribution in [0.4, 0.5) is 0 Å². The lowest BCUT2D eigenvalue weighted by atomic mass is 9.91. The summed E-state index contributed by atoms with van der Waals surface area (Å²) in [5.41, 5.74) is 10.2. The van der Waals surface area contributed by atoms with E-state index in [4.69, 9.17) is 9.97 Å². The molecule has 3 aromatic carbocycles. The molecule has 0 aliphatic rings. The van der Waals surface area contributed by atoms with E-state index in [2.05, 4.69) is 167 Å². The Bertz CT molecular complexity index is 1620. The number of hydrogen-bond acceptors (Lipinski definition) is 4. The molecule has 4 nitrogen and oxygen atoms in total. The van der Waals surface area contributed by atoms with Crippen molar-refractivity contribution in [2.75, 3.05) is 28.2 Å². The van der Waals surface area contributed by atoms with Gasteiger partial charge in [-0.1, -0.05) is 118 Å². The minimum absolute atomic E-state index is 0.197. The summed E-state index contributed by atoms with van der Waals surface area (Å²) in [6.45, 7) is 4.60. The molecule has 0 aliphatic carbocycles. The molecule has 0 spiro atoms. The normalized spacial score (nSPS) is 13.0. The molecule has 5 rings (SSSR count). The molecule has 2 atom stereocenters. The van der Waals surface area contributed by atoms with Crippen LogP contribution in [0.3, 0.4) is 0 Å². The monoisotopic (exact) mass is 596 g/mol. The number of aromatic nitrogens is 2. The molecule has 0 amide bonds. The van der Waals surface area contributed by atoms with Crippen LogP contribution in [0.15, 0.2) is 115 Å². The zero-order valence-electron chi connectivity index (χ0n) is 27.8. The first-order valence-corrected chi connectivity index (χ1v) is 16.4. The van der Waals surface area contributed by atoms with Crippen molar-refractivity contribution >= 4 is 0 Å². The van der Waals surface area contributed by atoms with Gasteiger partial charge in [0.2, 0.25) is 0 Å². The molecule has 2 unspecified atom stereocenters. The zero-order valence-corrected chi connectivity index (χ0v) is 27.8. The Morgan fingerprint density at radius 1 is 0.511 bits per heavy atom. The summed E-state index contributed by atoms with van der Waals surface area (Å²) >= 11 is 0. The lowest BCUT2D eigenvalue weighted by Gasteiger charge is -2.28. The maximum atomic E-state index is 5.25. The molecule has 0 fully saturated rings. The van der Waals surface area contributed by atoms with Crippen molar-refractivity contribution in [1.82, 2.24) is 19.8 Å². The highest BCUT2D eigenvalue weighted by Crippen LogP contribution is 2.34. The standard InChI is InChI=1S/C41H48N4/c1-7-30(8-2)26-41(45(5)6)39-29-35(28-38(43-39)33-18-13-10-14-19-33)32-22-24-34(25-23-32)36-20-15-21-37(42-36)40(44(3)4)27-31-16-11-9-12-17-31/h9-25,28-30,40-41H,7-8,26-27H2,1-6H3. The number of rotatable bonds is 13. The van der Waals surface area contributed by atoms with E-state index in [9.17, 15) is 0 Å². The first kappa shape index (κ1) is 32.3. The second kappa shape index (κ2) is 15.2. The van der Waals surface area contributed by atoms with Gasteiger partial charge in [-0.25, -0.2) is 0 Å². The van der Waals surface area contributed by atoms with Gasteiger partial charge in [0.25, 0.3) is 0 Å². The lowest BCUT2D eigenvalue weighted by Crippen LogP contribution is -2.23. The van der Waals surface area contributed by atoms with E-state index >= 15 is 0 Å². The predicted octanol–water partition coefficient (Wildman–Crippen LogP) is 9.75. The lowest BCUT2D eigenvalue weighted by molar-refractivity contribution is 0.237. The minimum atomic E-state index is 0.197. The summed E-state index contributed by atoms with van der Waals surface area (Å²) in [5.74, 6) is 0.672. The minimum Gasteiger partial charge on any atom is -0.301 e. The van der Waals surface area contributed by atoms with Crippen LogP contribution < -0.4 is 0 Å². The van der Waals surface area contributed by atoms with E-state index < -0.39 is 0 Å². The molecular weight excluding hydrogens is 548 g/mol. The maximum absolute atomic E-state index is 5.25. The second-order valence-electron chi connectivity index (χ2n) is 12.6. The van der Waals surface area contributed by atoms with E-state index in [0.29, 0.717) is 5.92 Å². The highest BCUT2D eigenvalue weighted by atomic mass is 15.1. The Morgan fingerprint density at radius 2 is 1.09 bits per heavy atom. The molecule has 4 heteroatoms. The number of pyridine rings is 2. The summed E-state index contributed by atoms with van der Waals surface area (Å²) < 4.78 is 0. The van der Waals surface area contributed by atoms with Gasteiger partial charge < -0.3 is 9.80 Å². The second-order valence-corrected chi connectivity index (χ2v) is 12.6. The third-order valence-corrected chi connectivity index (χ3v) is 9.11. The number of nitrogens with zero attached hydrogens (tertiary/aromatic N) is 4. The molecule has 5 aromatic rings. The van der Waals surface area contributed by atoms with Crippen LogP contribution in [0, 0.1) is 5.92 Å². The quantitative estimate of drug-likeness (QED) is 0.135. The van der Waals surface area contributed by atoms with Crippen LogP contribution in [0.2, 0.25) is 0 Å².